The van der Waals surface area contributed by atoms with Gasteiger partial charge in [-0.15, -0.1) is 10.2 Å². The Morgan fingerprint density at radius 3 is 2.23 bits per heavy atom. The number of benzene rings is 2. The van der Waals surface area contributed by atoms with Gasteiger partial charge in [-0.2, -0.15) is 5.21 Å². The van der Waals surface area contributed by atoms with E-state index in [1.165, 1.54) is 11.1 Å². The Hall–Kier alpha value is -3.17. The summed E-state index contributed by atoms with van der Waals surface area (Å²) in [6.45, 7) is 12.8. The van der Waals surface area contributed by atoms with E-state index in [0.717, 1.165) is 60.4 Å². The number of nitrogens with one attached hydrogen (secondary N) is 1. The van der Waals surface area contributed by atoms with E-state index < -0.39 is 5.60 Å². The van der Waals surface area contributed by atoms with Crippen LogP contribution in [0.4, 0.5) is 0 Å². The van der Waals surface area contributed by atoms with Gasteiger partial charge in [-0.05, 0) is 87.8 Å². The second-order valence-electron chi connectivity index (χ2n) is 9.74. The lowest BCUT2D eigenvalue weighted by atomic mass is 9.70. The van der Waals surface area contributed by atoms with Crippen LogP contribution in [0.3, 0.4) is 0 Å². The summed E-state index contributed by atoms with van der Waals surface area (Å²) in [6, 6.07) is 13.1. The Labute approximate surface area is 209 Å². The van der Waals surface area contributed by atoms with Crippen molar-refractivity contribution in [3.05, 3.63) is 70.0 Å². The number of aromatic nitrogens is 4. The fourth-order valence-electron chi connectivity index (χ4n) is 4.52. The second kappa shape index (κ2) is 11.5. The number of hydrogen-bond donors (Lipinski definition) is 2. The van der Waals surface area contributed by atoms with E-state index in [9.17, 15) is 5.11 Å². The number of aromatic amines is 1. The van der Waals surface area contributed by atoms with Crippen LogP contribution in [0.2, 0.25) is 0 Å². The molecule has 0 fully saturated rings. The molecule has 0 radical (unpaired) electrons. The van der Waals surface area contributed by atoms with Gasteiger partial charge in [-0.25, -0.2) is 0 Å². The Kier molecular flexibility index (Phi) is 8.69. The number of hydrogen-bond acceptors (Lipinski definition) is 5. The number of ether oxygens (including phenoxy) is 1. The zero-order valence-corrected chi connectivity index (χ0v) is 21.9. The summed E-state index contributed by atoms with van der Waals surface area (Å²) >= 11 is 0. The highest BCUT2D eigenvalue weighted by molar-refractivity contribution is 5.50. The third-order valence-corrected chi connectivity index (χ3v) is 6.66. The molecule has 2 aromatic carbocycles. The fraction of sp³-hybridized carbons (Fsp3) is 0.483. The van der Waals surface area contributed by atoms with Crippen LogP contribution in [-0.4, -0.2) is 37.9 Å². The lowest BCUT2D eigenvalue weighted by Gasteiger charge is -2.34. The molecule has 1 heterocycles. The minimum absolute atomic E-state index is 0.0825. The van der Waals surface area contributed by atoms with Gasteiger partial charge in [-0.1, -0.05) is 55.2 Å². The smallest absolute Gasteiger partial charge is 0.174 e. The standard InChI is InChI=1S/C29H38N4O2/c1-7-29(8-2,24-13-12-23(21(3)19-24)16-17-28(5,6)34)25-14-15-26(22(4)20-25)35-18-10-9-11-27-30-32-33-31-27/h12-15,19-20,34H,7-11,18H2,1-6H3,(H,30,31,32,33). The normalized spacial score (nSPS) is 11.7. The molecule has 2 N–H and O–H groups in total. The third-order valence-electron chi connectivity index (χ3n) is 6.66. The van der Waals surface area contributed by atoms with Crippen molar-refractivity contribution in [1.29, 1.82) is 0 Å². The first-order chi connectivity index (χ1) is 16.7. The maximum Gasteiger partial charge on any atom is 0.174 e. The van der Waals surface area contributed by atoms with Gasteiger partial charge in [0.1, 0.15) is 11.4 Å². The molecule has 6 heteroatoms. The van der Waals surface area contributed by atoms with Crippen molar-refractivity contribution in [3.8, 4) is 17.6 Å². The molecule has 0 bridgehead atoms. The first-order valence-corrected chi connectivity index (χ1v) is 12.5. The van der Waals surface area contributed by atoms with Crippen LogP contribution in [0.5, 0.6) is 5.75 Å². The summed E-state index contributed by atoms with van der Waals surface area (Å²) < 4.78 is 6.09. The summed E-state index contributed by atoms with van der Waals surface area (Å²) in [6.07, 6.45) is 4.68. The maximum absolute atomic E-state index is 9.95. The molecule has 6 nitrogen and oxygen atoms in total. The van der Waals surface area contributed by atoms with Gasteiger partial charge >= 0.3 is 0 Å². The van der Waals surface area contributed by atoms with E-state index in [2.05, 4.69) is 96.6 Å². The predicted octanol–water partition coefficient (Wildman–Crippen LogP) is 5.45. The molecule has 0 aliphatic carbocycles. The molecule has 0 saturated carbocycles. The largest absolute Gasteiger partial charge is 0.493 e. The molecule has 0 atom stereocenters. The van der Waals surface area contributed by atoms with Crippen molar-refractivity contribution in [3.63, 3.8) is 0 Å². The highest BCUT2D eigenvalue weighted by Gasteiger charge is 2.31. The molecule has 3 rings (SSSR count). The first-order valence-electron chi connectivity index (χ1n) is 12.5. The quantitative estimate of drug-likeness (QED) is 0.302. The highest BCUT2D eigenvalue weighted by atomic mass is 16.5. The molecule has 0 amide bonds. The van der Waals surface area contributed by atoms with Crippen molar-refractivity contribution in [2.45, 2.75) is 84.7 Å². The van der Waals surface area contributed by atoms with Gasteiger partial charge in [0.2, 0.25) is 0 Å². The van der Waals surface area contributed by atoms with Gasteiger partial charge in [0.25, 0.3) is 0 Å². The first kappa shape index (κ1) is 26.4. The Balaban J connectivity index is 1.75. The van der Waals surface area contributed by atoms with Gasteiger partial charge in [-0.3, -0.25) is 0 Å². The fourth-order valence-corrected chi connectivity index (χ4v) is 4.52. The summed E-state index contributed by atoms with van der Waals surface area (Å²) in [5.41, 5.74) is 4.75. The highest BCUT2D eigenvalue weighted by Crippen LogP contribution is 2.40. The van der Waals surface area contributed by atoms with E-state index in [0.29, 0.717) is 6.61 Å². The number of tetrazole rings is 1. The molecule has 0 aliphatic rings. The van der Waals surface area contributed by atoms with E-state index in [-0.39, 0.29) is 5.41 Å². The number of aryl methyl sites for hydroxylation is 3. The lowest BCUT2D eigenvalue weighted by Crippen LogP contribution is -2.26. The van der Waals surface area contributed by atoms with Crippen LogP contribution in [0.15, 0.2) is 36.4 Å². The topological polar surface area (TPSA) is 83.9 Å². The third kappa shape index (κ3) is 6.70. The van der Waals surface area contributed by atoms with Crippen molar-refractivity contribution in [2.24, 2.45) is 0 Å². The van der Waals surface area contributed by atoms with Gasteiger partial charge in [0, 0.05) is 17.4 Å². The number of unbranched alkanes of at least 4 members (excludes halogenated alkanes) is 1. The zero-order valence-electron chi connectivity index (χ0n) is 21.9. The van der Waals surface area contributed by atoms with Gasteiger partial charge in [0.05, 0.1) is 6.61 Å². The molecule has 0 unspecified atom stereocenters. The molecule has 186 valence electrons. The van der Waals surface area contributed by atoms with Crippen LogP contribution < -0.4 is 4.74 Å². The SMILES string of the molecule is CCC(CC)(c1ccc(C#CC(C)(C)O)c(C)c1)c1ccc(OCCCCc2nn[nH]n2)c(C)c1. The van der Waals surface area contributed by atoms with E-state index in [4.69, 9.17) is 4.74 Å². The summed E-state index contributed by atoms with van der Waals surface area (Å²) in [7, 11) is 0. The molecule has 0 saturated heterocycles. The van der Waals surface area contributed by atoms with Crippen molar-refractivity contribution < 1.29 is 9.84 Å². The van der Waals surface area contributed by atoms with Crippen LogP contribution in [-0.2, 0) is 11.8 Å². The number of nitrogens with zero attached hydrogens (tertiary/aromatic N) is 3. The van der Waals surface area contributed by atoms with Gasteiger partial charge in [0.15, 0.2) is 5.82 Å². The van der Waals surface area contributed by atoms with Crippen molar-refractivity contribution in [1.82, 2.24) is 20.6 Å². The zero-order chi connectivity index (χ0) is 25.5. The molecular formula is C29H38N4O2. The monoisotopic (exact) mass is 474 g/mol. The Morgan fingerprint density at radius 1 is 0.971 bits per heavy atom. The number of H-pyrrole nitrogens is 1. The second-order valence-corrected chi connectivity index (χ2v) is 9.74. The van der Waals surface area contributed by atoms with Crippen molar-refractivity contribution >= 4 is 0 Å². The molecule has 0 spiro atoms. The van der Waals surface area contributed by atoms with Crippen LogP contribution in [0.1, 0.15) is 87.0 Å². The maximum atomic E-state index is 9.95. The van der Waals surface area contributed by atoms with E-state index in [1.54, 1.807) is 13.8 Å². The summed E-state index contributed by atoms with van der Waals surface area (Å²) in [5.74, 6) is 7.73. The lowest BCUT2D eigenvalue weighted by molar-refractivity contribution is 0.143. The predicted molar refractivity (Wildman–Crippen MR) is 140 cm³/mol. The molecule has 3 aromatic rings. The van der Waals surface area contributed by atoms with E-state index >= 15 is 0 Å². The molecule has 0 aliphatic heterocycles. The van der Waals surface area contributed by atoms with Crippen LogP contribution in [0.25, 0.3) is 0 Å². The van der Waals surface area contributed by atoms with E-state index in [1.807, 2.05) is 0 Å². The summed E-state index contributed by atoms with van der Waals surface area (Å²) in [4.78, 5) is 0. The summed E-state index contributed by atoms with van der Waals surface area (Å²) in [5, 5.41) is 24.0. The Bertz CT molecular complexity index is 1160. The Morgan fingerprint density at radius 2 is 1.66 bits per heavy atom. The van der Waals surface area contributed by atoms with Crippen molar-refractivity contribution in [2.75, 3.05) is 6.61 Å². The molecular weight excluding hydrogens is 436 g/mol. The van der Waals surface area contributed by atoms with Crippen LogP contribution >= 0.6 is 0 Å². The molecule has 1 aromatic heterocycles. The number of aliphatic hydroxyl groups is 1. The average molecular weight is 475 g/mol. The molecule has 35 heavy (non-hydrogen) atoms. The minimum atomic E-state index is -1.00. The van der Waals surface area contributed by atoms with Gasteiger partial charge < -0.3 is 9.84 Å². The minimum Gasteiger partial charge on any atom is -0.493 e. The van der Waals surface area contributed by atoms with Crippen LogP contribution in [0, 0.1) is 25.7 Å². The number of rotatable bonds is 10. The average Bonchev–Trinajstić information content (AvgIpc) is 3.33.